The molecular weight excluding hydrogens is 326 g/mol. The van der Waals surface area contributed by atoms with Gasteiger partial charge >= 0.3 is 5.97 Å². The summed E-state index contributed by atoms with van der Waals surface area (Å²) in [6, 6.07) is 8.00. The SMILES string of the molecule is CC(=O)C12CCCC1C[C@H](N1CCC(c3ccccc3C(=O)O)CC1)C2. The summed E-state index contributed by atoms with van der Waals surface area (Å²) in [5, 5.41) is 9.45. The second-order valence-corrected chi connectivity index (χ2v) is 8.60. The van der Waals surface area contributed by atoms with Crippen LogP contribution in [-0.4, -0.2) is 40.9 Å². The van der Waals surface area contributed by atoms with Crippen LogP contribution in [0, 0.1) is 11.3 Å². The summed E-state index contributed by atoms with van der Waals surface area (Å²) in [5.41, 5.74) is 1.41. The molecule has 1 aromatic carbocycles. The van der Waals surface area contributed by atoms with Gasteiger partial charge in [-0.25, -0.2) is 4.79 Å². The molecule has 1 saturated heterocycles. The van der Waals surface area contributed by atoms with Crippen molar-refractivity contribution in [1.82, 2.24) is 4.90 Å². The highest BCUT2D eigenvalue weighted by atomic mass is 16.4. The number of benzene rings is 1. The molecule has 1 aliphatic heterocycles. The van der Waals surface area contributed by atoms with Crippen molar-refractivity contribution in [2.75, 3.05) is 13.1 Å². The summed E-state index contributed by atoms with van der Waals surface area (Å²) in [4.78, 5) is 26.4. The fourth-order valence-electron chi connectivity index (χ4n) is 6.10. The largest absolute Gasteiger partial charge is 0.478 e. The highest BCUT2D eigenvalue weighted by Gasteiger charge is 2.54. The molecule has 0 radical (unpaired) electrons. The number of Topliss-reactive ketones (excluding diaryl/α,β-unsaturated/α-hetero) is 1. The average Bonchev–Trinajstić information content (AvgIpc) is 3.20. The molecule has 2 aliphatic carbocycles. The number of nitrogens with zero attached hydrogens (tertiary/aromatic N) is 1. The van der Waals surface area contributed by atoms with Gasteiger partial charge in [0.25, 0.3) is 0 Å². The van der Waals surface area contributed by atoms with Crippen molar-refractivity contribution in [3.05, 3.63) is 35.4 Å². The maximum absolute atomic E-state index is 12.3. The molecule has 4 heteroatoms. The summed E-state index contributed by atoms with van der Waals surface area (Å²) >= 11 is 0. The Morgan fingerprint density at radius 3 is 2.54 bits per heavy atom. The van der Waals surface area contributed by atoms with E-state index in [0.717, 1.165) is 44.3 Å². The molecule has 3 fully saturated rings. The molecule has 1 aromatic rings. The van der Waals surface area contributed by atoms with Gasteiger partial charge in [-0.2, -0.15) is 0 Å². The Bertz CT molecular complexity index is 707. The Kier molecular flexibility index (Phi) is 4.64. The normalized spacial score (nSPS) is 32.5. The Morgan fingerprint density at radius 2 is 1.88 bits per heavy atom. The monoisotopic (exact) mass is 355 g/mol. The van der Waals surface area contributed by atoms with Crippen LogP contribution in [0.1, 0.15) is 73.7 Å². The number of piperidine rings is 1. The number of fused-ring (bicyclic) bond motifs is 1. The van der Waals surface area contributed by atoms with Crippen molar-refractivity contribution in [3.8, 4) is 0 Å². The van der Waals surface area contributed by atoms with Crippen molar-refractivity contribution < 1.29 is 14.7 Å². The van der Waals surface area contributed by atoms with Gasteiger partial charge in [0.05, 0.1) is 5.56 Å². The molecular formula is C22H29NO3. The van der Waals surface area contributed by atoms with E-state index in [2.05, 4.69) is 4.90 Å². The maximum Gasteiger partial charge on any atom is 0.335 e. The number of aromatic carboxylic acids is 1. The van der Waals surface area contributed by atoms with Crippen LogP contribution < -0.4 is 0 Å². The molecule has 0 spiro atoms. The third-order valence-corrected chi connectivity index (χ3v) is 7.49. The van der Waals surface area contributed by atoms with E-state index in [4.69, 9.17) is 0 Å². The number of hydrogen-bond donors (Lipinski definition) is 1. The zero-order chi connectivity index (χ0) is 18.3. The number of carboxylic acid groups (broad SMARTS) is 1. The molecule has 0 bridgehead atoms. The van der Waals surface area contributed by atoms with E-state index in [9.17, 15) is 14.7 Å². The molecule has 26 heavy (non-hydrogen) atoms. The molecule has 4 rings (SSSR count). The predicted octanol–water partition coefficient (Wildman–Crippen LogP) is 4.10. The first-order valence-corrected chi connectivity index (χ1v) is 10.1. The van der Waals surface area contributed by atoms with E-state index in [0.29, 0.717) is 29.2 Å². The van der Waals surface area contributed by atoms with Crippen LogP contribution in [0.3, 0.4) is 0 Å². The van der Waals surface area contributed by atoms with Gasteiger partial charge in [-0.1, -0.05) is 24.6 Å². The van der Waals surface area contributed by atoms with E-state index < -0.39 is 5.97 Å². The lowest BCUT2D eigenvalue weighted by atomic mass is 9.77. The van der Waals surface area contributed by atoms with Crippen LogP contribution in [-0.2, 0) is 4.79 Å². The minimum absolute atomic E-state index is 0.0303. The quantitative estimate of drug-likeness (QED) is 0.883. The second-order valence-electron chi connectivity index (χ2n) is 8.60. The van der Waals surface area contributed by atoms with Crippen LogP contribution in [0.25, 0.3) is 0 Å². The lowest BCUT2D eigenvalue weighted by Crippen LogP contribution is -2.41. The topological polar surface area (TPSA) is 57.6 Å². The van der Waals surface area contributed by atoms with Gasteiger partial charge in [0.15, 0.2) is 0 Å². The van der Waals surface area contributed by atoms with Crippen LogP contribution in [0.5, 0.6) is 0 Å². The standard InChI is InChI=1S/C22H29NO3/c1-15(24)22-10-4-5-17(22)13-18(14-22)23-11-8-16(9-12-23)19-6-2-3-7-20(19)21(25)26/h2-3,6-7,16-18H,4-5,8-14H2,1H3,(H,25,26)/t17?,18-,22?/m0/s1. The molecule has 1 N–H and O–H groups in total. The summed E-state index contributed by atoms with van der Waals surface area (Å²) in [7, 11) is 0. The Morgan fingerprint density at radius 1 is 1.15 bits per heavy atom. The van der Waals surface area contributed by atoms with Crippen molar-refractivity contribution in [2.24, 2.45) is 11.3 Å². The Balaban J connectivity index is 1.42. The number of hydrogen-bond acceptors (Lipinski definition) is 3. The summed E-state index contributed by atoms with van der Waals surface area (Å²) in [5.74, 6) is 0.513. The zero-order valence-corrected chi connectivity index (χ0v) is 15.6. The van der Waals surface area contributed by atoms with Gasteiger partial charge in [-0.15, -0.1) is 0 Å². The van der Waals surface area contributed by atoms with Crippen LogP contribution >= 0.6 is 0 Å². The first-order chi connectivity index (χ1) is 12.5. The minimum atomic E-state index is -0.824. The predicted molar refractivity (Wildman–Crippen MR) is 100 cm³/mol. The minimum Gasteiger partial charge on any atom is -0.478 e. The van der Waals surface area contributed by atoms with Crippen molar-refractivity contribution in [2.45, 2.75) is 63.8 Å². The van der Waals surface area contributed by atoms with Gasteiger partial charge in [0, 0.05) is 11.5 Å². The summed E-state index contributed by atoms with van der Waals surface area (Å²) in [6.45, 7) is 3.84. The number of carbonyl (C=O) groups excluding carboxylic acids is 1. The fraction of sp³-hybridized carbons (Fsp3) is 0.636. The number of carboxylic acids is 1. The van der Waals surface area contributed by atoms with E-state index >= 15 is 0 Å². The first kappa shape index (κ1) is 17.7. The molecule has 0 amide bonds. The lowest BCUT2D eigenvalue weighted by molar-refractivity contribution is -0.127. The van der Waals surface area contributed by atoms with Crippen molar-refractivity contribution in [1.29, 1.82) is 0 Å². The first-order valence-electron chi connectivity index (χ1n) is 10.1. The Labute approximate surface area is 155 Å². The third-order valence-electron chi connectivity index (χ3n) is 7.49. The molecule has 2 saturated carbocycles. The van der Waals surface area contributed by atoms with Gasteiger partial charge in [0.2, 0.25) is 0 Å². The van der Waals surface area contributed by atoms with Crippen LogP contribution in [0.4, 0.5) is 0 Å². The fourth-order valence-corrected chi connectivity index (χ4v) is 6.10. The highest BCUT2D eigenvalue weighted by molar-refractivity contribution is 5.89. The Hall–Kier alpha value is -1.68. The molecule has 4 nitrogen and oxygen atoms in total. The molecule has 3 aliphatic rings. The van der Waals surface area contributed by atoms with E-state index in [1.807, 2.05) is 12.1 Å². The van der Waals surface area contributed by atoms with Crippen molar-refractivity contribution >= 4 is 11.8 Å². The van der Waals surface area contributed by atoms with Gasteiger partial charge in [-0.3, -0.25) is 4.79 Å². The maximum atomic E-state index is 12.3. The van der Waals surface area contributed by atoms with E-state index in [-0.39, 0.29) is 5.41 Å². The van der Waals surface area contributed by atoms with Gasteiger partial charge in [0.1, 0.15) is 5.78 Å². The number of rotatable bonds is 4. The van der Waals surface area contributed by atoms with E-state index in [1.54, 1.807) is 19.1 Å². The number of carbonyl (C=O) groups is 2. The van der Waals surface area contributed by atoms with Gasteiger partial charge in [-0.05, 0) is 82.0 Å². The summed E-state index contributed by atoms with van der Waals surface area (Å²) < 4.78 is 0. The second kappa shape index (κ2) is 6.80. The molecule has 2 unspecified atom stereocenters. The molecule has 3 atom stereocenters. The third kappa shape index (κ3) is 2.88. The number of ketones is 1. The van der Waals surface area contributed by atoms with Gasteiger partial charge < -0.3 is 10.0 Å². The average molecular weight is 355 g/mol. The van der Waals surface area contributed by atoms with E-state index in [1.165, 1.54) is 19.3 Å². The summed E-state index contributed by atoms with van der Waals surface area (Å²) in [6.07, 6.45) is 7.77. The molecule has 0 aromatic heterocycles. The van der Waals surface area contributed by atoms with Crippen LogP contribution in [0.2, 0.25) is 0 Å². The van der Waals surface area contributed by atoms with Crippen LogP contribution in [0.15, 0.2) is 24.3 Å². The number of likely N-dealkylation sites (tertiary alicyclic amines) is 1. The molecule has 1 heterocycles. The zero-order valence-electron chi connectivity index (χ0n) is 15.6. The lowest BCUT2D eigenvalue weighted by Gasteiger charge is -2.37. The van der Waals surface area contributed by atoms with Crippen molar-refractivity contribution in [3.63, 3.8) is 0 Å². The highest BCUT2D eigenvalue weighted by Crippen LogP contribution is 2.56. The smallest absolute Gasteiger partial charge is 0.335 e. The molecule has 140 valence electrons.